The number of hydrogen-bond acceptors (Lipinski definition) is 8. The van der Waals surface area contributed by atoms with Crippen LogP contribution in [-0.2, 0) is 25.3 Å². The van der Waals surface area contributed by atoms with Gasteiger partial charge in [-0.15, -0.1) is 11.6 Å². The second-order valence-electron chi connectivity index (χ2n) is 8.84. The molecule has 1 unspecified atom stereocenters. The highest BCUT2D eigenvalue weighted by Gasteiger charge is 2.43. The number of aliphatic imine (C=N–C) groups is 1. The van der Waals surface area contributed by atoms with Crippen molar-refractivity contribution in [3.8, 4) is 0 Å². The molecule has 1 saturated heterocycles. The average molecular weight is 544 g/mol. The van der Waals surface area contributed by atoms with Crippen LogP contribution in [0.2, 0.25) is 0 Å². The Kier molecular flexibility index (Phi) is 7.69. The van der Waals surface area contributed by atoms with Gasteiger partial charge in [0.15, 0.2) is 11.2 Å². The van der Waals surface area contributed by atoms with E-state index in [0.717, 1.165) is 17.2 Å². The molecule has 37 heavy (non-hydrogen) atoms. The Hall–Kier alpha value is -3.26. The lowest BCUT2D eigenvalue weighted by Gasteiger charge is -2.46. The van der Waals surface area contributed by atoms with Crippen molar-refractivity contribution in [3.63, 3.8) is 0 Å². The summed E-state index contributed by atoms with van der Waals surface area (Å²) < 4.78 is 44.9. The fourth-order valence-corrected chi connectivity index (χ4v) is 4.43. The van der Waals surface area contributed by atoms with E-state index in [1.807, 2.05) is 0 Å². The van der Waals surface area contributed by atoms with E-state index < -0.39 is 35.0 Å². The van der Waals surface area contributed by atoms with Crippen molar-refractivity contribution >= 4 is 52.8 Å². The molecule has 3 aliphatic rings. The predicted molar refractivity (Wildman–Crippen MR) is 129 cm³/mol. The molecule has 0 bridgehead atoms. The molecular formula is C22H25ClF3N7O4. The maximum absolute atomic E-state index is 13.1. The predicted octanol–water partition coefficient (Wildman–Crippen LogP) is 1.05. The van der Waals surface area contributed by atoms with Crippen LogP contribution in [0.3, 0.4) is 0 Å². The fraction of sp³-hybridized carbons (Fsp3) is 0.545. The zero-order valence-corrected chi connectivity index (χ0v) is 20.8. The van der Waals surface area contributed by atoms with Crippen molar-refractivity contribution in [3.05, 3.63) is 17.8 Å². The van der Waals surface area contributed by atoms with Crippen LogP contribution in [0, 0.1) is 0 Å². The van der Waals surface area contributed by atoms with Gasteiger partial charge in [-0.2, -0.15) is 18.3 Å². The number of alkyl halides is 4. The third-order valence-corrected chi connectivity index (χ3v) is 6.63. The van der Waals surface area contributed by atoms with Gasteiger partial charge in [-0.3, -0.25) is 19.4 Å². The van der Waals surface area contributed by atoms with Crippen LogP contribution in [0.5, 0.6) is 0 Å². The number of rotatable bonds is 6. The minimum absolute atomic E-state index is 0.0752. The van der Waals surface area contributed by atoms with Crippen molar-refractivity contribution in [2.24, 2.45) is 10.1 Å². The Morgan fingerprint density at radius 3 is 2.84 bits per heavy atom. The van der Waals surface area contributed by atoms with Crippen LogP contribution in [0.1, 0.15) is 18.9 Å². The minimum Gasteiger partial charge on any atom is -0.379 e. The number of fused-ring (bicyclic) bond motifs is 3. The molecule has 4 heterocycles. The highest BCUT2D eigenvalue weighted by Crippen LogP contribution is 2.39. The summed E-state index contributed by atoms with van der Waals surface area (Å²) >= 11 is 5.98. The smallest absolute Gasteiger partial charge is 0.379 e. The minimum atomic E-state index is -4.58. The number of nitrogens with one attached hydrogen (secondary N) is 1. The molecule has 0 radical (unpaired) electrons. The normalized spacial score (nSPS) is 23.6. The summed E-state index contributed by atoms with van der Waals surface area (Å²) in [7, 11) is 1.40. The number of aromatic nitrogens is 1. The van der Waals surface area contributed by atoms with Gasteiger partial charge in [0.25, 0.3) is 11.8 Å². The summed E-state index contributed by atoms with van der Waals surface area (Å²) in [5.74, 6) is -0.800. The molecule has 3 atom stereocenters. The number of ether oxygens (including phenoxy) is 1. The number of amides is 3. The van der Waals surface area contributed by atoms with Crippen LogP contribution >= 0.6 is 11.6 Å². The Labute approximate surface area is 215 Å². The van der Waals surface area contributed by atoms with Crippen LogP contribution in [0.15, 0.2) is 22.4 Å². The molecule has 11 nitrogen and oxygen atoms in total. The third-order valence-electron chi connectivity index (χ3n) is 6.21. The van der Waals surface area contributed by atoms with Crippen molar-refractivity contribution in [1.29, 1.82) is 0 Å². The quantitative estimate of drug-likeness (QED) is 0.423. The number of hydrazone groups is 1. The number of hydrogen-bond donors (Lipinski definition) is 1. The number of carbonyl (C=O) groups excluding carboxylic acids is 3. The van der Waals surface area contributed by atoms with Crippen molar-refractivity contribution in [2.75, 3.05) is 49.7 Å². The Morgan fingerprint density at radius 2 is 2.11 bits per heavy atom. The second kappa shape index (κ2) is 10.6. The first kappa shape index (κ1) is 26.8. The molecule has 1 aromatic rings. The maximum Gasteiger partial charge on any atom is 0.417 e. The fourth-order valence-electron chi connectivity index (χ4n) is 4.27. The largest absolute Gasteiger partial charge is 0.417 e. The van der Waals surface area contributed by atoms with E-state index in [-0.39, 0.29) is 62.7 Å². The maximum atomic E-state index is 13.1. The summed E-state index contributed by atoms with van der Waals surface area (Å²) in [6, 6.07) is -0.151. The third kappa shape index (κ3) is 5.69. The molecule has 200 valence electrons. The van der Waals surface area contributed by atoms with E-state index in [2.05, 4.69) is 20.5 Å². The Balaban J connectivity index is 1.30. The zero-order valence-electron chi connectivity index (χ0n) is 20.0. The molecule has 15 heteroatoms. The van der Waals surface area contributed by atoms with E-state index in [9.17, 15) is 27.6 Å². The van der Waals surface area contributed by atoms with Gasteiger partial charge < -0.3 is 19.4 Å². The lowest BCUT2D eigenvalue weighted by atomic mass is 10.0. The van der Waals surface area contributed by atoms with E-state index in [0.29, 0.717) is 5.71 Å². The molecule has 4 rings (SSSR count). The Bertz CT molecular complexity index is 1150. The first-order valence-corrected chi connectivity index (χ1v) is 11.9. The summed E-state index contributed by atoms with van der Waals surface area (Å²) in [6.45, 7) is 2.72. The van der Waals surface area contributed by atoms with Crippen LogP contribution < -0.4 is 15.2 Å². The summed E-state index contributed by atoms with van der Waals surface area (Å²) in [6.07, 6.45) is -2.38. The molecule has 1 N–H and O–H groups in total. The summed E-state index contributed by atoms with van der Waals surface area (Å²) in [4.78, 5) is 49.9. The summed E-state index contributed by atoms with van der Waals surface area (Å²) in [5, 5.41) is 2.73. The first-order valence-electron chi connectivity index (χ1n) is 11.5. The topological polar surface area (TPSA) is 120 Å². The van der Waals surface area contributed by atoms with E-state index in [1.165, 1.54) is 13.3 Å². The van der Waals surface area contributed by atoms with E-state index in [4.69, 9.17) is 16.3 Å². The van der Waals surface area contributed by atoms with Gasteiger partial charge in [0, 0.05) is 26.3 Å². The van der Waals surface area contributed by atoms with Crippen LogP contribution in [0.25, 0.3) is 0 Å². The van der Waals surface area contributed by atoms with Gasteiger partial charge in [0.05, 0.1) is 55.4 Å². The lowest BCUT2D eigenvalue weighted by Crippen LogP contribution is -2.63. The molecule has 3 aliphatic heterocycles. The standard InChI is InChI=1S/C22H25ClF3N7O4/c1-12(29-14-9-28-30-20(35)18(14)23)11-37-6-3-17(34)32-4-5-33-16(10-32)21(36)31(2)15-7-13(22(24,25)26)8-27-19(15)33/h7-9,12,16,18H,3-6,10-11H2,1-2H3,(H,30,35)/t12-,16+,18?/m0/s1. The van der Waals surface area contributed by atoms with Crippen molar-refractivity contribution in [2.45, 2.75) is 37.0 Å². The summed E-state index contributed by atoms with van der Waals surface area (Å²) in [5.41, 5.74) is 1.72. The molecule has 3 amide bonds. The lowest BCUT2D eigenvalue weighted by molar-refractivity contribution is -0.138. The number of piperazine rings is 1. The second-order valence-corrected chi connectivity index (χ2v) is 9.27. The molecule has 1 aromatic heterocycles. The number of pyridine rings is 1. The van der Waals surface area contributed by atoms with Crippen LogP contribution in [0.4, 0.5) is 24.7 Å². The van der Waals surface area contributed by atoms with Crippen LogP contribution in [-0.4, -0.2) is 96.9 Å². The molecule has 0 aliphatic carbocycles. The molecule has 0 aromatic carbocycles. The highest BCUT2D eigenvalue weighted by atomic mass is 35.5. The molecule has 1 fully saturated rings. The van der Waals surface area contributed by atoms with Crippen molar-refractivity contribution < 1.29 is 32.3 Å². The Morgan fingerprint density at radius 1 is 1.35 bits per heavy atom. The highest BCUT2D eigenvalue weighted by molar-refractivity contribution is 6.54. The van der Waals surface area contributed by atoms with Crippen molar-refractivity contribution in [1.82, 2.24) is 15.3 Å². The van der Waals surface area contributed by atoms with Gasteiger partial charge in [-0.05, 0) is 13.0 Å². The van der Waals surface area contributed by atoms with E-state index >= 15 is 0 Å². The number of likely N-dealkylation sites (N-methyl/N-ethyl adjacent to an activating group) is 1. The molecular weight excluding hydrogens is 519 g/mol. The first-order chi connectivity index (χ1) is 17.5. The molecule has 0 saturated carbocycles. The van der Waals surface area contributed by atoms with Gasteiger partial charge in [-0.1, -0.05) is 0 Å². The number of anilines is 2. The SMILES string of the molecule is C[C@@H](COCCC(=O)N1CCN2c3ncc(C(F)(F)F)cc3N(C)C(=O)[C@H]2C1)N=C1C=NNC(=O)C1Cl. The number of carbonyl (C=O) groups is 3. The van der Waals surface area contributed by atoms with Gasteiger partial charge >= 0.3 is 6.18 Å². The number of halogens is 4. The van der Waals surface area contributed by atoms with E-state index in [1.54, 1.807) is 16.7 Å². The van der Waals surface area contributed by atoms with Gasteiger partial charge in [0.2, 0.25) is 5.91 Å². The zero-order chi connectivity index (χ0) is 26.9. The average Bonchev–Trinajstić information content (AvgIpc) is 2.86. The molecule has 0 spiro atoms. The number of nitrogens with zero attached hydrogens (tertiary/aromatic N) is 6. The van der Waals surface area contributed by atoms with Gasteiger partial charge in [-0.25, -0.2) is 10.4 Å². The monoisotopic (exact) mass is 543 g/mol. The van der Waals surface area contributed by atoms with Gasteiger partial charge in [0.1, 0.15) is 6.04 Å².